The molecule has 0 saturated carbocycles. The van der Waals surface area contributed by atoms with Crippen molar-refractivity contribution in [1.82, 2.24) is 4.98 Å². The van der Waals surface area contributed by atoms with E-state index in [0.29, 0.717) is 10.8 Å². The van der Waals surface area contributed by atoms with Crippen LogP contribution in [0, 0.1) is 0 Å². The van der Waals surface area contributed by atoms with E-state index in [9.17, 15) is 0 Å². The number of aromatic nitrogens is 1. The summed E-state index contributed by atoms with van der Waals surface area (Å²) in [5.74, 6) is 0.659. The van der Waals surface area contributed by atoms with Gasteiger partial charge < -0.3 is 15.0 Å². The Morgan fingerprint density at radius 2 is 1.96 bits per heavy atom. The van der Waals surface area contributed by atoms with Gasteiger partial charge in [-0.1, -0.05) is 17.7 Å². The van der Waals surface area contributed by atoms with Gasteiger partial charge in [0.25, 0.3) is 0 Å². The molecule has 0 atom stereocenters. The Labute approximate surface area is 182 Å². The van der Waals surface area contributed by atoms with Crippen molar-refractivity contribution in [2.24, 2.45) is 0 Å². The second-order valence-corrected chi connectivity index (χ2v) is 8.85. The van der Waals surface area contributed by atoms with Crippen LogP contribution in [0.15, 0.2) is 46.3 Å². The lowest BCUT2D eigenvalue weighted by atomic mass is 10.1. The summed E-state index contributed by atoms with van der Waals surface area (Å²) in [5.41, 5.74) is 4.23. The van der Waals surface area contributed by atoms with E-state index in [1.54, 1.807) is 18.4 Å². The molecule has 4 nitrogen and oxygen atoms in total. The number of methoxy groups -OCH3 is 1. The molecule has 1 aliphatic heterocycles. The Morgan fingerprint density at radius 3 is 2.71 bits per heavy atom. The molecule has 0 spiro atoms. The zero-order valence-electron chi connectivity index (χ0n) is 15.5. The molecule has 0 bridgehead atoms. The molecule has 0 radical (unpaired) electrons. The highest BCUT2D eigenvalue weighted by molar-refractivity contribution is 9.10. The van der Waals surface area contributed by atoms with Gasteiger partial charge >= 0.3 is 0 Å². The topological polar surface area (TPSA) is 37.4 Å². The van der Waals surface area contributed by atoms with Crippen molar-refractivity contribution in [3.8, 4) is 17.0 Å². The minimum absolute atomic E-state index is 0.573. The number of nitrogens with one attached hydrogen (secondary N) is 1. The molecule has 1 N–H and O–H groups in total. The van der Waals surface area contributed by atoms with Gasteiger partial charge in [0.2, 0.25) is 0 Å². The third-order valence-corrected chi connectivity index (χ3v) is 6.57. The fourth-order valence-corrected chi connectivity index (χ4v) is 4.88. The molecule has 0 unspecified atom stereocenters. The molecule has 0 aliphatic carbocycles. The molecule has 2 heterocycles. The van der Waals surface area contributed by atoms with Gasteiger partial charge in [0, 0.05) is 34.2 Å². The number of hydrogen-bond donors (Lipinski definition) is 1. The molecule has 4 rings (SSSR count). The van der Waals surface area contributed by atoms with Crippen molar-refractivity contribution in [1.29, 1.82) is 0 Å². The molecule has 0 amide bonds. The second kappa shape index (κ2) is 8.72. The number of benzene rings is 2. The van der Waals surface area contributed by atoms with Crippen LogP contribution in [0.3, 0.4) is 0 Å². The predicted octanol–water partition coefficient (Wildman–Crippen LogP) is 6.97. The van der Waals surface area contributed by atoms with E-state index in [1.807, 2.05) is 18.2 Å². The molecule has 28 heavy (non-hydrogen) atoms. The number of rotatable bonds is 5. The van der Waals surface area contributed by atoms with Crippen LogP contribution < -0.4 is 15.0 Å². The standard InChI is InChI=1S/C21H21BrClN3OS/c1-27-20-8-6-15(12-17(20)23)24-21-25-18(13-28-21)14-5-7-16(22)19(11-14)26-9-3-2-4-10-26/h5-8,11-13H,2-4,9-10H2,1H3,(H,24,25). The minimum Gasteiger partial charge on any atom is -0.495 e. The van der Waals surface area contributed by atoms with Gasteiger partial charge in [-0.15, -0.1) is 11.3 Å². The zero-order valence-corrected chi connectivity index (χ0v) is 18.7. The smallest absolute Gasteiger partial charge is 0.187 e. The van der Waals surface area contributed by atoms with Gasteiger partial charge in [0.15, 0.2) is 5.13 Å². The summed E-state index contributed by atoms with van der Waals surface area (Å²) in [7, 11) is 1.61. The predicted molar refractivity (Wildman–Crippen MR) is 123 cm³/mol. The number of ether oxygens (including phenoxy) is 1. The van der Waals surface area contributed by atoms with Gasteiger partial charge in [0.1, 0.15) is 5.75 Å². The quantitative estimate of drug-likeness (QED) is 0.430. The fraction of sp³-hybridized carbons (Fsp3) is 0.286. The lowest BCUT2D eigenvalue weighted by Crippen LogP contribution is -2.29. The van der Waals surface area contributed by atoms with E-state index in [1.165, 1.54) is 24.9 Å². The van der Waals surface area contributed by atoms with E-state index >= 15 is 0 Å². The van der Waals surface area contributed by atoms with Crippen LogP contribution in [-0.2, 0) is 0 Å². The fourth-order valence-electron chi connectivity index (χ4n) is 3.38. The highest BCUT2D eigenvalue weighted by Gasteiger charge is 2.15. The van der Waals surface area contributed by atoms with Gasteiger partial charge in [0.05, 0.1) is 23.5 Å². The Balaban J connectivity index is 1.55. The molecule has 2 aromatic carbocycles. The highest BCUT2D eigenvalue weighted by atomic mass is 79.9. The first kappa shape index (κ1) is 19.6. The second-order valence-electron chi connectivity index (χ2n) is 6.73. The average molecular weight is 479 g/mol. The van der Waals surface area contributed by atoms with Crippen molar-refractivity contribution in [3.63, 3.8) is 0 Å². The monoisotopic (exact) mass is 477 g/mol. The Kier molecular flexibility index (Phi) is 6.09. The first-order valence-electron chi connectivity index (χ1n) is 9.25. The summed E-state index contributed by atoms with van der Waals surface area (Å²) in [6, 6.07) is 12.1. The molecule has 7 heteroatoms. The van der Waals surface area contributed by atoms with E-state index < -0.39 is 0 Å². The molecule has 1 aliphatic rings. The number of hydrogen-bond acceptors (Lipinski definition) is 5. The maximum atomic E-state index is 6.21. The third kappa shape index (κ3) is 4.29. The third-order valence-electron chi connectivity index (χ3n) is 4.85. The van der Waals surface area contributed by atoms with Crippen LogP contribution in [0.25, 0.3) is 11.3 Å². The van der Waals surface area contributed by atoms with E-state index in [-0.39, 0.29) is 0 Å². The number of nitrogens with zero attached hydrogens (tertiary/aromatic N) is 2. The highest BCUT2D eigenvalue weighted by Crippen LogP contribution is 2.35. The molecule has 1 saturated heterocycles. The average Bonchev–Trinajstić information content (AvgIpc) is 3.17. The zero-order chi connectivity index (χ0) is 19.5. The van der Waals surface area contributed by atoms with Gasteiger partial charge in [-0.2, -0.15) is 0 Å². The molecular formula is C21H21BrClN3OS. The summed E-state index contributed by atoms with van der Waals surface area (Å²) in [4.78, 5) is 7.22. The largest absolute Gasteiger partial charge is 0.495 e. The lowest BCUT2D eigenvalue weighted by Gasteiger charge is -2.30. The maximum Gasteiger partial charge on any atom is 0.187 e. The Bertz CT molecular complexity index is 972. The summed E-state index contributed by atoms with van der Waals surface area (Å²) < 4.78 is 6.34. The Hall–Kier alpha value is -1.76. The maximum absolute atomic E-state index is 6.21. The van der Waals surface area contributed by atoms with Crippen LogP contribution in [0.1, 0.15) is 19.3 Å². The molecular weight excluding hydrogens is 458 g/mol. The normalized spacial score (nSPS) is 14.2. The SMILES string of the molecule is COc1ccc(Nc2nc(-c3ccc(Br)c(N4CCCCC4)c3)cs2)cc1Cl. The van der Waals surface area contributed by atoms with Crippen LogP contribution in [-0.4, -0.2) is 25.2 Å². The Morgan fingerprint density at radius 1 is 1.14 bits per heavy atom. The first-order chi connectivity index (χ1) is 13.6. The molecule has 3 aromatic rings. The van der Waals surface area contributed by atoms with Crippen LogP contribution in [0.2, 0.25) is 5.02 Å². The first-order valence-corrected chi connectivity index (χ1v) is 11.3. The van der Waals surface area contributed by atoms with Crippen molar-refractivity contribution in [3.05, 3.63) is 51.3 Å². The van der Waals surface area contributed by atoms with E-state index in [0.717, 1.165) is 39.6 Å². The van der Waals surface area contributed by atoms with E-state index in [4.69, 9.17) is 21.3 Å². The van der Waals surface area contributed by atoms with E-state index in [2.05, 4.69) is 49.7 Å². The van der Waals surface area contributed by atoms with Crippen LogP contribution >= 0.6 is 38.9 Å². The van der Waals surface area contributed by atoms with Crippen molar-refractivity contribution in [2.45, 2.75) is 19.3 Å². The lowest BCUT2D eigenvalue weighted by molar-refractivity contribution is 0.415. The molecule has 146 valence electrons. The van der Waals surface area contributed by atoms with Crippen molar-refractivity contribution in [2.75, 3.05) is 30.4 Å². The number of anilines is 3. The van der Waals surface area contributed by atoms with Gasteiger partial charge in [-0.25, -0.2) is 4.98 Å². The molecule has 1 fully saturated rings. The van der Waals surface area contributed by atoms with Crippen molar-refractivity contribution < 1.29 is 4.74 Å². The summed E-state index contributed by atoms with van der Waals surface area (Å²) in [6.45, 7) is 2.23. The van der Waals surface area contributed by atoms with Gasteiger partial charge in [-0.05, 0) is 65.5 Å². The van der Waals surface area contributed by atoms with Crippen molar-refractivity contribution >= 4 is 55.4 Å². The van der Waals surface area contributed by atoms with Crippen LogP contribution in [0.4, 0.5) is 16.5 Å². The summed E-state index contributed by atoms with van der Waals surface area (Å²) in [6.07, 6.45) is 3.84. The number of thiazole rings is 1. The number of halogens is 2. The van der Waals surface area contributed by atoms with Crippen LogP contribution in [0.5, 0.6) is 5.75 Å². The summed E-state index contributed by atoms with van der Waals surface area (Å²) >= 11 is 11.5. The minimum atomic E-state index is 0.573. The summed E-state index contributed by atoms with van der Waals surface area (Å²) in [5, 5.41) is 6.81. The number of piperidine rings is 1. The molecule has 1 aromatic heterocycles. The van der Waals surface area contributed by atoms with Gasteiger partial charge in [-0.3, -0.25) is 0 Å².